The van der Waals surface area contributed by atoms with Gasteiger partial charge in [-0.05, 0) is 42.8 Å². The van der Waals surface area contributed by atoms with Crippen molar-refractivity contribution in [1.82, 2.24) is 19.2 Å². The van der Waals surface area contributed by atoms with Gasteiger partial charge in [-0.15, -0.1) is 11.3 Å². The lowest BCUT2D eigenvalue weighted by Gasteiger charge is -2.30. The molecule has 1 saturated heterocycles. The second kappa shape index (κ2) is 8.64. The Labute approximate surface area is 174 Å². The van der Waals surface area contributed by atoms with E-state index in [9.17, 15) is 13.2 Å². The number of carbonyl (C=O) groups excluding carboxylic acids is 1. The highest BCUT2D eigenvalue weighted by Gasteiger charge is 2.32. The Hall–Kier alpha value is -2.23. The zero-order valence-electron chi connectivity index (χ0n) is 16.0. The smallest absolute Gasteiger partial charge is 0.252 e. The number of hydrogen-bond donors (Lipinski definition) is 1. The van der Waals surface area contributed by atoms with Crippen LogP contribution in [-0.4, -0.2) is 47.8 Å². The molecule has 29 heavy (non-hydrogen) atoms. The summed E-state index contributed by atoms with van der Waals surface area (Å²) in [6.07, 6.45) is 3.76. The molecule has 9 heteroatoms. The molecule has 0 unspecified atom stereocenters. The zero-order valence-corrected chi connectivity index (χ0v) is 17.7. The predicted octanol–water partition coefficient (Wildman–Crippen LogP) is 2.71. The minimum absolute atomic E-state index is 0.0219. The zero-order chi connectivity index (χ0) is 20.3. The number of sulfonamides is 1. The minimum Gasteiger partial charge on any atom is -0.356 e. The summed E-state index contributed by atoms with van der Waals surface area (Å²) in [5, 5.41) is 4.77. The summed E-state index contributed by atoms with van der Waals surface area (Å²) in [5.74, 6) is -0.104. The van der Waals surface area contributed by atoms with Crippen molar-refractivity contribution in [3.8, 4) is 0 Å². The molecule has 0 aliphatic carbocycles. The number of fused-ring (bicyclic) bond motifs is 1. The van der Waals surface area contributed by atoms with Gasteiger partial charge in [0.05, 0.1) is 17.4 Å². The lowest BCUT2D eigenvalue weighted by molar-refractivity contribution is -0.126. The Bertz CT molecular complexity index is 1070. The number of nitrogens with one attached hydrogen (secondary N) is 1. The third kappa shape index (κ3) is 4.36. The molecule has 0 radical (unpaired) electrons. The second-order valence-corrected chi connectivity index (χ2v) is 10.3. The van der Waals surface area contributed by atoms with E-state index in [-0.39, 0.29) is 11.8 Å². The molecule has 1 aliphatic rings. The molecule has 4 rings (SSSR count). The van der Waals surface area contributed by atoms with E-state index in [1.54, 1.807) is 17.5 Å². The number of piperidine rings is 1. The van der Waals surface area contributed by atoms with E-state index in [0.29, 0.717) is 36.7 Å². The highest BCUT2D eigenvalue weighted by molar-refractivity contribution is 7.91. The number of hydrogen-bond acceptors (Lipinski definition) is 5. The summed E-state index contributed by atoms with van der Waals surface area (Å²) in [6, 6.07) is 11.4. The molecular weight excluding hydrogens is 408 g/mol. The standard InChI is InChI=1S/C20H24N4O3S2/c25-20(21-10-4-11-23-15-22-17-5-1-2-6-18(17)23)16-8-12-24(13-9-16)29(26,27)19-7-3-14-28-19/h1-3,5-7,14-16H,4,8-13H2,(H,21,25). The Morgan fingerprint density at radius 1 is 1.17 bits per heavy atom. The van der Waals surface area contributed by atoms with Crippen molar-refractivity contribution >= 4 is 38.3 Å². The fourth-order valence-electron chi connectivity index (χ4n) is 3.69. The number of rotatable bonds is 7. The van der Waals surface area contributed by atoms with E-state index < -0.39 is 10.0 Å². The minimum atomic E-state index is -3.42. The maximum atomic E-state index is 12.6. The summed E-state index contributed by atoms with van der Waals surface area (Å²) in [6.45, 7) is 2.16. The van der Waals surface area contributed by atoms with Crippen LogP contribution in [0.4, 0.5) is 0 Å². The average molecular weight is 433 g/mol. The SMILES string of the molecule is O=C(NCCCn1cnc2ccccc21)C1CCN(S(=O)(=O)c2cccs2)CC1. The van der Waals surface area contributed by atoms with Crippen molar-refractivity contribution in [1.29, 1.82) is 0 Å². The molecule has 1 fully saturated rings. The van der Waals surface area contributed by atoms with Gasteiger partial charge >= 0.3 is 0 Å². The van der Waals surface area contributed by atoms with Gasteiger partial charge in [-0.25, -0.2) is 13.4 Å². The molecule has 7 nitrogen and oxygen atoms in total. The number of para-hydroxylation sites is 2. The van der Waals surface area contributed by atoms with E-state index in [1.165, 1.54) is 15.6 Å². The van der Waals surface area contributed by atoms with Gasteiger partial charge in [-0.3, -0.25) is 4.79 Å². The van der Waals surface area contributed by atoms with Gasteiger partial charge < -0.3 is 9.88 Å². The Morgan fingerprint density at radius 2 is 1.97 bits per heavy atom. The number of aromatic nitrogens is 2. The molecule has 3 aromatic rings. The molecule has 2 aromatic heterocycles. The Morgan fingerprint density at radius 3 is 2.72 bits per heavy atom. The van der Waals surface area contributed by atoms with Crippen LogP contribution in [0.25, 0.3) is 11.0 Å². The first-order chi connectivity index (χ1) is 14.1. The van der Waals surface area contributed by atoms with Crippen molar-refractivity contribution in [2.24, 2.45) is 5.92 Å². The number of imidazole rings is 1. The maximum Gasteiger partial charge on any atom is 0.252 e. The summed E-state index contributed by atoms with van der Waals surface area (Å²) >= 11 is 1.23. The van der Waals surface area contributed by atoms with E-state index in [1.807, 2.05) is 30.6 Å². The molecule has 0 bridgehead atoms. The maximum absolute atomic E-state index is 12.6. The number of benzene rings is 1. The number of nitrogens with zero attached hydrogens (tertiary/aromatic N) is 3. The van der Waals surface area contributed by atoms with Crippen LogP contribution < -0.4 is 5.32 Å². The third-order valence-electron chi connectivity index (χ3n) is 5.32. The first-order valence-electron chi connectivity index (χ1n) is 9.77. The number of amides is 1. The van der Waals surface area contributed by atoms with Crippen molar-refractivity contribution in [2.75, 3.05) is 19.6 Å². The van der Waals surface area contributed by atoms with Gasteiger partial charge in [0.2, 0.25) is 5.91 Å². The molecule has 1 amide bonds. The summed E-state index contributed by atoms with van der Waals surface area (Å²) in [4.78, 5) is 16.8. The van der Waals surface area contributed by atoms with Gasteiger partial charge in [0.15, 0.2) is 0 Å². The van der Waals surface area contributed by atoms with E-state index in [4.69, 9.17) is 0 Å². The normalized spacial score (nSPS) is 16.3. The summed E-state index contributed by atoms with van der Waals surface area (Å²) < 4.78 is 29.1. The van der Waals surface area contributed by atoms with Crippen molar-refractivity contribution in [3.63, 3.8) is 0 Å². The Balaban J connectivity index is 1.22. The van der Waals surface area contributed by atoms with Crippen LogP contribution in [-0.2, 0) is 21.4 Å². The molecule has 1 aliphatic heterocycles. The van der Waals surface area contributed by atoms with Crippen LogP contribution in [0.2, 0.25) is 0 Å². The predicted molar refractivity (Wildman–Crippen MR) is 113 cm³/mol. The topological polar surface area (TPSA) is 84.3 Å². The molecule has 0 saturated carbocycles. The average Bonchev–Trinajstić information content (AvgIpc) is 3.42. The largest absolute Gasteiger partial charge is 0.356 e. The highest BCUT2D eigenvalue weighted by Crippen LogP contribution is 2.26. The van der Waals surface area contributed by atoms with E-state index in [0.717, 1.165) is 24.0 Å². The monoisotopic (exact) mass is 432 g/mol. The molecular formula is C20H24N4O3S2. The quantitative estimate of drug-likeness (QED) is 0.582. The number of carbonyl (C=O) groups is 1. The van der Waals surface area contributed by atoms with Crippen LogP contribution in [0.3, 0.4) is 0 Å². The Kier molecular flexibility index (Phi) is 5.98. The van der Waals surface area contributed by atoms with Crippen molar-refractivity contribution in [2.45, 2.75) is 30.0 Å². The van der Waals surface area contributed by atoms with Gasteiger partial charge in [0, 0.05) is 32.1 Å². The van der Waals surface area contributed by atoms with Crippen molar-refractivity contribution < 1.29 is 13.2 Å². The first-order valence-corrected chi connectivity index (χ1v) is 12.1. The van der Waals surface area contributed by atoms with Gasteiger partial charge in [-0.2, -0.15) is 4.31 Å². The second-order valence-electron chi connectivity index (χ2n) is 7.18. The van der Waals surface area contributed by atoms with Gasteiger partial charge in [-0.1, -0.05) is 18.2 Å². The summed E-state index contributed by atoms with van der Waals surface area (Å²) in [7, 11) is -3.42. The molecule has 1 aromatic carbocycles. The number of thiophene rings is 1. The van der Waals surface area contributed by atoms with Crippen LogP contribution in [0.1, 0.15) is 19.3 Å². The molecule has 0 spiro atoms. The van der Waals surface area contributed by atoms with Crippen LogP contribution in [0.15, 0.2) is 52.3 Å². The van der Waals surface area contributed by atoms with Crippen LogP contribution in [0, 0.1) is 5.92 Å². The van der Waals surface area contributed by atoms with Gasteiger partial charge in [0.1, 0.15) is 4.21 Å². The third-order valence-corrected chi connectivity index (χ3v) is 8.59. The number of aryl methyl sites for hydroxylation is 1. The van der Waals surface area contributed by atoms with Crippen LogP contribution >= 0.6 is 11.3 Å². The first kappa shape index (κ1) is 20.1. The lowest BCUT2D eigenvalue weighted by Crippen LogP contribution is -2.43. The molecule has 0 atom stereocenters. The molecule has 1 N–H and O–H groups in total. The summed E-state index contributed by atoms with van der Waals surface area (Å²) in [5.41, 5.74) is 2.07. The van der Waals surface area contributed by atoms with Gasteiger partial charge in [0.25, 0.3) is 10.0 Å². The van der Waals surface area contributed by atoms with Crippen LogP contribution in [0.5, 0.6) is 0 Å². The van der Waals surface area contributed by atoms with E-state index in [2.05, 4.69) is 14.9 Å². The fourth-order valence-corrected chi connectivity index (χ4v) is 6.30. The molecule has 154 valence electrons. The van der Waals surface area contributed by atoms with E-state index >= 15 is 0 Å². The van der Waals surface area contributed by atoms with Crippen molar-refractivity contribution in [3.05, 3.63) is 48.1 Å². The lowest BCUT2D eigenvalue weighted by atomic mass is 9.97. The fraction of sp³-hybridized carbons (Fsp3) is 0.400. The molecule has 3 heterocycles. The highest BCUT2D eigenvalue weighted by atomic mass is 32.2.